The molecule has 1 fully saturated rings. The van der Waals surface area contributed by atoms with Gasteiger partial charge < -0.3 is 10.8 Å². The second-order valence-corrected chi connectivity index (χ2v) is 5.17. The predicted octanol–water partition coefficient (Wildman–Crippen LogP) is 3.21. The first kappa shape index (κ1) is 13.1. The lowest BCUT2D eigenvalue weighted by atomic mass is 9.80. The molecule has 0 aromatic heterocycles. The summed E-state index contributed by atoms with van der Waals surface area (Å²) in [6, 6.07) is 7.69. The molecule has 0 saturated heterocycles. The number of carboxylic acids is 1. The Hall–Kier alpha value is -1.35. The Morgan fingerprint density at radius 1 is 1.28 bits per heavy atom. The first-order valence-electron chi connectivity index (χ1n) is 6.74. The molecule has 1 saturated carbocycles. The predicted molar refractivity (Wildman–Crippen MR) is 71.4 cm³/mol. The van der Waals surface area contributed by atoms with E-state index in [-0.39, 0.29) is 12.5 Å². The van der Waals surface area contributed by atoms with E-state index in [4.69, 9.17) is 10.8 Å². The Morgan fingerprint density at radius 2 is 1.94 bits per heavy atom. The lowest BCUT2D eigenvalue weighted by molar-refractivity contribution is -0.137. The Bertz CT molecular complexity index is 411. The maximum atomic E-state index is 10.8. The van der Waals surface area contributed by atoms with Crippen LogP contribution >= 0.6 is 0 Å². The van der Waals surface area contributed by atoms with Crippen molar-refractivity contribution in [1.82, 2.24) is 0 Å². The summed E-state index contributed by atoms with van der Waals surface area (Å²) in [5.74, 6) is -0.268. The maximum Gasteiger partial charge on any atom is 0.305 e. The monoisotopic (exact) mass is 247 g/mol. The molecule has 0 bridgehead atoms. The van der Waals surface area contributed by atoms with Crippen LogP contribution in [-0.2, 0) is 4.79 Å². The van der Waals surface area contributed by atoms with Gasteiger partial charge in [-0.3, -0.25) is 4.79 Å². The zero-order valence-corrected chi connectivity index (χ0v) is 10.6. The summed E-state index contributed by atoms with van der Waals surface area (Å²) in [5.41, 5.74) is 8.31. The summed E-state index contributed by atoms with van der Waals surface area (Å²) in [4.78, 5) is 10.8. The maximum absolute atomic E-state index is 10.8. The van der Waals surface area contributed by atoms with E-state index in [9.17, 15) is 4.79 Å². The van der Waals surface area contributed by atoms with Gasteiger partial charge in [0.1, 0.15) is 0 Å². The number of hydrogen-bond acceptors (Lipinski definition) is 2. The molecule has 1 unspecified atom stereocenters. The molecule has 1 aliphatic carbocycles. The van der Waals surface area contributed by atoms with Crippen molar-refractivity contribution in [3.63, 3.8) is 0 Å². The van der Waals surface area contributed by atoms with Crippen LogP contribution in [0.5, 0.6) is 0 Å². The minimum absolute atomic E-state index is 0.00370. The minimum atomic E-state index is -0.832. The van der Waals surface area contributed by atoms with E-state index in [1.807, 2.05) is 18.2 Å². The number of hydrogen-bond donors (Lipinski definition) is 2. The smallest absolute Gasteiger partial charge is 0.305 e. The number of rotatable bonds is 4. The summed E-state index contributed by atoms with van der Waals surface area (Å²) in [6.45, 7) is 0. The van der Waals surface area contributed by atoms with Crippen LogP contribution in [0.4, 0.5) is 0 Å². The molecule has 0 spiro atoms. The molecule has 98 valence electrons. The van der Waals surface area contributed by atoms with Crippen LogP contribution in [0.15, 0.2) is 24.3 Å². The van der Waals surface area contributed by atoms with Gasteiger partial charge in [-0.25, -0.2) is 0 Å². The van der Waals surface area contributed by atoms with Gasteiger partial charge in [-0.1, -0.05) is 43.5 Å². The Balaban J connectivity index is 2.21. The Kier molecular flexibility index (Phi) is 4.37. The van der Waals surface area contributed by atoms with Crippen molar-refractivity contribution >= 4 is 5.97 Å². The fourth-order valence-electron chi connectivity index (χ4n) is 2.93. The fourth-order valence-corrected chi connectivity index (χ4v) is 2.93. The van der Waals surface area contributed by atoms with Crippen molar-refractivity contribution in [2.75, 3.05) is 0 Å². The molecule has 1 aliphatic rings. The van der Waals surface area contributed by atoms with Crippen molar-refractivity contribution in [3.8, 4) is 0 Å². The molecular formula is C15H21NO2. The van der Waals surface area contributed by atoms with E-state index in [1.54, 1.807) is 0 Å². The molecule has 18 heavy (non-hydrogen) atoms. The van der Waals surface area contributed by atoms with E-state index < -0.39 is 5.97 Å². The van der Waals surface area contributed by atoms with Crippen molar-refractivity contribution in [2.45, 2.75) is 50.5 Å². The van der Waals surface area contributed by atoms with Crippen LogP contribution in [0, 0.1) is 0 Å². The lowest BCUT2D eigenvalue weighted by Crippen LogP contribution is -2.18. The summed E-state index contributed by atoms with van der Waals surface area (Å²) >= 11 is 0. The molecule has 1 atom stereocenters. The number of benzene rings is 1. The number of nitrogens with two attached hydrogens (primary N) is 1. The normalized spacial score (nSPS) is 18.5. The molecule has 0 radical (unpaired) electrons. The largest absolute Gasteiger partial charge is 0.481 e. The standard InChI is InChI=1S/C15H21NO2/c16-14(10-15(17)18)13-9-5-4-8-12(13)11-6-2-1-3-7-11/h4-5,8-9,11,14H,1-3,6-7,10,16H2,(H,17,18). The van der Waals surface area contributed by atoms with Crippen molar-refractivity contribution in [1.29, 1.82) is 0 Å². The third kappa shape index (κ3) is 3.10. The highest BCUT2D eigenvalue weighted by molar-refractivity contribution is 5.68. The zero-order valence-electron chi connectivity index (χ0n) is 10.6. The van der Waals surface area contributed by atoms with Crippen LogP contribution in [0.3, 0.4) is 0 Å². The van der Waals surface area contributed by atoms with Crippen LogP contribution in [0.1, 0.15) is 61.6 Å². The molecule has 3 heteroatoms. The molecule has 1 aromatic rings. The summed E-state index contributed by atoms with van der Waals surface area (Å²) in [5, 5.41) is 8.87. The molecule has 2 rings (SSSR count). The topological polar surface area (TPSA) is 63.3 Å². The highest BCUT2D eigenvalue weighted by Crippen LogP contribution is 2.36. The SMILES string of the molecule is NC(CC(=O)O)c1ccccc1C1CCCCC1. The van der Waals surface area contributed by atoms with Gasteiger partial charge in [0, 0.05) is 6.04 Å². The quantitative estimate of drug-likeness (QED) is 0.858. The first-order valence-corrected chi connectivity index (χ1v) is 6.74. The van der Waals surface area contributed by atoms with E-state index in [0.29, 0.717) is 5.92 Å². The number of carboxylic acid groups (broad SMARTS) is 1. The van der Waals surface area contributed by atoms with Gasteiger partial charge in [0.2, 0.25) is 0 Å². The van der Waals surface area contributed by atoms with Gasteiger partial charge in [-0.15, -0.1) is 0 Å². The fraction of sp³-hybridized carbons (Fsp3) is 0.533. The van der Waals surface area contributed by atoms with Gasteiger partial charge in [0.05, 0.1) is 6.42 Å². The second-order valence-electron chi connectivity index (χ2n) is 5.17. The van der Waals surface area contributed by atoms with Crippen molar-refractivity contribution < 1.29 is 9.90 Å². The highest BCUT2D eigenvalue weighted by atomic mass is 16.4. The van der Waals surface area contributed by atoms with Crippen LogP contribution in [0.25, 0.3) is 0 Å². The minimum Gasteiger partial charge on any atom is -0.481 e. The number of carbonyl (C=O) groups is 1. The second kappa shape index (κ2) is 6.01. The lowest BCUT2D eigenvalue weighted by Gasteiger charge is -2.26. The van der Waals surface area contributed by atoms with Gasteiger partial charge >= 0.3 is 5.97 Å². The molecule has 3 nitrogen and oxygen atoms in total. The molecule has 0 amide bonds. The van der Waals surface area contributed by atoms with E-state index in [1.165, 1.54) is 37.7 Å². The Labute approximate surface area is 108 Å². The van der Waals surface area contributed by atoms with Crippen LogP contribution in [-0.4, -0.2) is 11.1 Å². The van der Waals surface area contributed by atoms with Crippen LogP contribution < -0.4 is 5.73 Å². The first-order chi connectivity index (χ1) is 8.68. The van der Waals surface area contributed by atoms with E-state index in [2.05, 4.69) is 6.07 Å². The Morgan fingerprint density at radius 3 is 2.61 bits per heavy atom. The molecule has 0 heterocycles. The number of aliphatic carboxylic acids is 1. The van der Waals surface area contributed by atoms with Gasteiger partial charge in [0.15, 0.2) is 0 Å². The van der Waals surface area contributed by atoms with Crippen LogP contribution in [0.2, 0.25) is 0 Å². The zero-order chi connectivity index (χ0) is 13.0. The van der Waals surface area contributed by atoms with Gasteiger partial charge in [-0.2, -0.15) is 0 Å². The van der Waals surface area contributed by atoms with Gasteiger partial charge in [-0.05, 0) is 29.9 Å². The van der Waals surface area contributed by atoms with Crippen molar-refractivity contribution in [3.05, 3.63) is 35.4 Å². The van der Waals surface area contributed by atoms with Crippen molar-refractivity contribution in [2.24, 2.45) is 5.73 Å². The summed E-state index contributed by atoms with van der Waals surface area (Å²) < 4.78 is 0. The van der Waals surface area contributed by atoms with E-state index in [0.717, 1.165) is 5.56 Å². The third-order valence-electron chi connectivity index (χ3n) is 3.84. The van der Waals surface area contributed by atoms with E-state index >= 15 is 0 Å². The average Bonchev–Trinajstić information content (AvgIpc) is 2.39. The summed E-state index contributed by atoms with van der Waals surface area (Å²) in [6.07, 6.45) is 6.28. The highest BCUT2D eigenvalue weighted by Gasteiger charge is 2.21. The molecule has 1 aromatic carbocycles. The molecule has 3 N–H and O–H groups in total. The molecule has 0 aliphatic heterocycles. The average molecular weight is 247 g/mol. The third-order valence-corrected chi connectivity index (χ3v) is 3.84. The summed E-state index contributed by atoms with van der Waals surface area (Å²) in [7, 11) is 0. The van der Waals surface area contributed by atoms with Gasteiger partial charge in [0.25, 0.3) is 0 Å². The molecular weight excluding hydrogens is 226 g/mol.